The Morgan fingerprint density at radius 1 is 1.04 bits per heavy atom. The maximum absolute atomic E-state index is 12.2. The molecule has 2 amide bonds. The van der Waals surface area contributed by atoms with Crippen molar-refractivity contribution in [2.24, 2.45) is 5.10 Å². The van der Waals surface area contributed by atoms with Crippen molar-refractivity contribution in [2.75, 3.05) is 5.32 Å². The van der Waals surface area contributed by atoms with Gasteiger partial charge in [0.1, 0.15) is 11.5 Å². The standard InChI is InChI=1S/C20H15Cl2N3O3/c1-12(26)24-15-4-2-3-14(9-15)20(27)25-23-11-16-6-8-19(28-16)13-5-7-17(21)18(22)10-13/h2-11H,1H3,(H,24,26)(H,25,27). The topological polar surface area (TPSA) is 83.7 Å². The van der Waals surface area contributed by atoms with E-state index in [-0.39, 0.29) is 5.91 Å². The summed E-state index contributed by atoms with van der Waals surface area (Å²) >= 11 is 11.9. The second-order valence-corrected chi connectivity index (χ2v) is 6.61. The molecule has 0 radical (unpaired) electrons. The highest BCUT2D eigenvalue weighted by atomic mass is 35.5. The molecule has 28 heavy (non-hydrogen) atoms. The third-order valence-corrected chi connectivity index (χ3v) is 4.37. The molecule has 6 nitrogen and oxygen atoms in total. The number of hydrogen-bond donors (Lipinski definition) is 2. The van der Waals surface area contributed by atoms with E-state index < -0.39 is 5.91 Å². The van der Waals surface area contributed by atoms with E-state index in [1.165, 1.54) is 13.1 Å². The van der Waals surface area contributed by atoms with Crippen LogP contribution in [0.25, 0.3) is 11.3 Å². The summed E-state index contributed by atoms with van der Waals surface area (Å²) in [7, 11) is 0. The molecule has 0 spiro atoms. The lowest BCUT2D eigenvalue weighted by Crippen LogP contribution is -2.18. The van der Waals surface area contributed by atoms with E-state index in [0.29, 0.717) is 32.8 Å². The highest BCUT2D eigenvalue weighted by Gasteiger charge is 2.08. The van der Waals surface area contributed by atoms with Gasteiger partial charge >= 0.3 is 0 Å². The van der Waals surface area contributed by atoms with Crippen LogP contribution in [0.4, 0.5) is 5.69 Å². The molecule has 2 aromatic carbocycles. The maximum atomic E-state index is 12.2. The number of benzene rings is 2. The number of amides is 2. The van der Waals surface area contributed by atoms with Crippen LogP contribution in [0.2, 0.25) is 10.0 Å². The van der Waals surface area contributed by atoms with Crippen molar-refractivity contribution in [2.45, 2.75) is 6.92 Å². The molecular formula is C20H15Cl2N3O3. The summed E-state index contributed by atoms with van der Waals surface area (Å²) in [4.78, 5) is 23.3. The van der Waals surface area contributed by atoms with Crippen molar-refractivity contribution in [3.63, 3.8) is 0 Å². The fraction of sp³-hybridized carbons (Fsp3) is 0.0500. The summed E-state index contributed by atoms with van der Waals surface area (Å²) in [5.41, 5.74) is 4.07. The van der Waals surface area contributed by atoms with Crippen LogP contribution in [-0.4, -0.2) is 18.0 Å². The fourth-order valence-electron chi connectivity index (χ4n) is 2.39. The first-order valence-electron chi connectivity index (χ1n) is 8.19. The van der Waals surface area contributed by atoms with E-state index in [4.69, 9.17) is 27.6 Å². The Kier molecular flexibility index (Phi) is 6.13. The average molecular weight is 416 g/mol. The minimum Gasteiger partial charge on any atom is -0.455 e. The molecule has 0 saturated carbocycles. The summed E-state index contributed by atoms with van der Waals surface area (Å²) < 4.78 is 5.67. The van der Waals surface area contributed by atoms with Gasteiger partial charge in [0.05, 0.1) is 16.3 Å². The number of nitrogens with zero attached hydrogens (tertiary/aromatic N) is 1. The number of furan rings is 1. The lowest BCUT2D eigenvalue weighted by Gasteiger charge is -2.04. The van der Waals surface area contributed by atoms with Crippen LogP contribution in [0.3, 0.4) is 0 Å². The molecular weight excluding hydrogens is 401 g/mol. The summed E-state index contributed by atoms with van der Waals surface area (Å²) in [5.74, 6) is 0.411. The van der Waals surface area contributed by atoms with Gasteiger partial charge in [-0.2, -0.15) is 5.10 Å². The summed E-state index contributed by atoms with van der Waals surface area (Å²) in [5, 5.41) is 7.40. The van der Waals surface area contributed by atoms with Crippen molar-refractivity contribution in [1.29, 1.82) is 0 Å². The quantitative estimate of drug-likeness (QED) is 0.455. The first-order valence-corrected chi connectivity index (χ1v) is 8.94. The zero-order chi connectivity index (χ0) is 20.1. The van der Waals surface area contributed by atoms with Crippen LogP contribution >= 0.6 is 23.2 Å². The Morgan fingerprint density at radius 2 is 1.86 bits per heavy atom. The smallest absolute Gasteiger partial charge is 0.271 e. The number of carbonyl (C=O) groups excluding carboxylic acids is 2. The molecule has 1 aromatic heterocycles. The highest BCUT2D eigenvalue weighted by Crippen LogP contribution is 2.29. The molecule has 2 N–H and O–H groups in total. The minimum atomic E-state index is -0.417. The van der Waals surface area contributed by atoms with Gasteiger partial charge in [0, 0.05) is 23.7 Å². The normalized spacial score (nSPS) is 10.8. The molecule has 0 aliphatic carbocycles. The van der Waals surface area contributed by atoms with Crippen LogP contribution < -0.4 is 10.7 Å². The van der Waals surface area contributed by atoms with Crippen molar-refractivity contribution in [3.05, 3.63) is 76.0 Å². The molecule has 8 heteroatoms. The highest BCUT2D eigenvalue weighted by molar-refractivity contribution is 6.42. The van der Waals surface area contributed by atoms with Crippen LogP contribution in [-0.2, 0) is 4.79 Å². The fourth-order valence-corrected chi connectivity index (χ4v) is 2.69. The van der Waals surface area contributed by atoms with E-state index >= 15 is 0 Å². The number of hydrogen-bond acceptors (Lipinski definition) is 4. The van der Waals surface area contributed by atoms with Gasteiger partial charge in [-0.1, -0.05) is 29.3 Å². The summed E-state index contributed by atoms with van der Waals surface area (Å²) in [6.07, 6.45) is 1.39. The van der Waals surface area contributed by atoms with Gasteiger partial charge in [0.25, 0.3) is 5.91 Å². The van der Waals surface area contributed by atoms with Crippen molar-refractivity contribution in [3.8, 4) is 11.3 Å². The van der Waals surface area contributed by atoms with E-state index in [1.807, 2.05) is 0 Å². The Labute approximate surface area is 171 Å². The second-order valence-electron chi connectivity index (χ2n) is 5.79. The SMILES string of the molecule is CC(=O)Nc1cccc(C(=O)NN=Cc2ccc(-c3ccc(Cl)c(Cl)c3)o2)c1. The number of carbonyl (C=O) groups is 2. The molecule has 1 heterocycles. The van der Waals surface area contributed by atoms with Gasteiger partial charge in [0.15, 0.2) is 0 Å². The third kappa shape index (κ3) is 5.00. The predicted octanol–water partition coefficient (Wildman–Crippen LogP) is 4.98. The Hall–Kier alpha value is -3.09. The van der Waals surface area contributed by atoms with Crippen LogP contribution in [0.15, 0.2) is 64.1 Å². The van der Waals surface area contributed by atoms with Crippen LogP contribution in [0.5, 0.6) is 0 Å². The first-order chi connectivity index (χ1) is 13.4. The monoisotopic (exact) mass is 415 g/mol. The molecule has 0 atom stereocenters. The third-order valence-electron chi connectivity index (χ3n) is 3.63. The average Bonchev–Trinajstić information content (AvgIpc) is 3.12. The van der Waals surface area contributed by atoms with Crippen molar-refractivity contribution >= 4 is 46.9 Å². The molecule has 0 fully saturated rings. The van der Waals surface area contributed by atoms with Crippen LogP contribution in [0, 0.1) is 0 Å². The molecule has 142 valence electrons. The summed E-state index contributed by atoms with van der Waals surface area (Å²) in [6, 6.07) is 15.2. The predicted molar refractivity (Wildman–Crippen MR) is 110 cm³/mol. The number of halogens is 2. The van der Waals surface area contributed by atoms with E-state index in [2.05, 4.69) is 15.8 Å². The molecule has 0 aliphatic rings. The van der Waals surface area contributed by atoms with E-state index in [0.717, 1.165) is 5.56 Å². The second kappa shape index (κ2) is 8.73. The molecule has 3 aromatic rings. The van der Waals surface area contributed by atoms with Gasteiger partial charge in [-0.25, -0.2) is 5.43 Å². The van der Waals surface area contributed by atoms with Crippen molar-refractivity contribution < 1.29 is 14.0 Å². The zero-order valence-corrected chi connectivity index (χ0v) is 16.2. The lowest BCUT2D eigenvalue weighted by atomic mass is 10.2. The molecule has 0 bridgehead atoms. The summed E-state index contributed by atoms with van der Waals surface area (Å²) in [6.45, 7) is 1.40. The number of hydrazone groups is 1. The van der Waals surface area contributed by atoms with Gasteiger partial charge in [-0.15, -0.1) is 0 Å². The van der Waals surface area contributed by atoms with Crippen molar-refractivity contribution in [1.82, 2.24) is 5.43 Å². The minimum absolute atomic E-state index is 0.217. The molecule has 0 aliphatic heterocycles. The van der Waals surface area contributed by atoms with Gasteiger partial charge in [-0.3, -0.25) is 9.59 Å². The Morgan fingerprint density at radius 3 is 2.61 bits per heavy atom. The molecule has 3 rings (SSSR count). The zero-order valence-electron chi connectivity index (χ0n) is 14.7. The largest absolute Gasteiger partial charge is 0.455 e. The van der Waals surface area contributed by atoms with Gasteiger partial charge < -0.3 is 9.73 Å². The van der Waals surface area contributed by atoms with E-state index in [1.54, 1.807) is 54.6 Å². The number of rotatable bonds is 5. The van der Waals surface area contributed by atoms with E-state index in [9.17, 15) is 9.59 Å². The van der Waals surface area contributed by atoms with Gasteiger partial charge in [0.2, 0.25) is 5.91 Å². The molecule has 0 saturated heterocycles. The Balaban J connectivity index is 1.65. The molecule has 0 unspecified atom stereocenters. The number of nitrogens with one attached hydrogen (secondary N) is 2. The van der Waals surface area contributed by atoms with Crippen LogP contribution in [0.1, 0.15) is 23.0 Å². The first kappa shape index (κ1) is 19.7. The van der Waals surface area contributed by atoms with Gasteiger partial charge in [-0.05, 0) is 48.5 Å². The number of anilines is 1. The maximum Gasteiger partial charge on any atom is 0.271 e. The Bertz CT molecular complexity index is 1060. The lowest BCUT2D eigenvalue weighted by molar-refractivity contribution is -0.114.